The first-order valence-corrected chi connectivity index (χ1v) is 11.6. The average Bonchev–Trinajstić information content (AvgIpc) is 3.11. The van der Waals surface area contributed by atoms with Gasteiger partial charge < -0.3 is 20.5 Å². The molecule has 0 aliphatic heterocycles. The maximum atomic E-state index is 12.8. The van der Waals surface area contributed by atoms with Gasteiger partial charge in [0.05, 0.1) is 0 Å². The maximum absolute atomic E-state index is 12.8. The maximum Gasteiger partial charge on any atom is 0.408 e. The zero-order valence-corrected chi connectivity index (χ0v) is 18.8. The zero-order chi connectivity index (χ0) is 23.4. The molecule has 2 aromatic carbocycles. The van der Waals surface area contributed by atoms with E-state index in [2.05, 4.69) is 34.9 Å². The van der Waals surface area contributed by atoms with E-state index in [0.29, 0.717) is 19.3 Å². The van der Waals surface area contributed by atoms with Crippen molar-refractivity contribution < 1.29 is 24.2 Å². The highest BCUT2D eigenvalue weighted by Crippen LogP contribution is 2.44. The predicted molar refractivity (Wildman–Crippen MR) is 124 cm³/mol. The van der Waals surface area contributed by atoms with Gasteiger partial charge in [-0.2, -0.15) is 0 Å². The first-order chi connectivity index (χ1) is 15.9. The molecule has 2 aromatic rings. The van der Waals surface area contributed by atoms with Crippen molar-refractivity contribution in [2.75, 3.05) is 13.2 Å². The van der Waals surface area contributed by atoms with Crippen LogP contribution in [0.5, 0.6) is 0 Å². The van der Waals surface area contributed by atoms with Crippen molar-refractivity contribution >= 4 is 18.0 Å². The van der Waals surface area contributed by atoms with E-state index in [1.807, 2.05) is 31.2 Å². The first-order valence-electron chi connectivity index (χ1n) is 11.6. The van der Waals surface area contributed by atoms with Crippen LogP contribution in [-0.4, -0.2) is 41.8 Å². The molecule has 0 heterocycles. The monoisotopic (exact) mass is 450 g/mol. The van der Waals surface area contributed by atoms with Crippen LogP contribution in [0, 0.1) is 5.92 Å². The second kappa shape index (κ2) is 9.65. The van der Waals surface area contributed by atoms with Crippen molar-refractivity contribution in [2.45, 2.75) is 50.5 Å². The van der Waals surface area contributed by atoms with E-state index in [1.54, 1.807) is 0 Å². The summed E-state index contributed by atoms with van der Waals surface area (Å²) in [5.74, 6) is -1.34. The summed E-state index contributed by atoms with van der Waals surface area (Å²) in [7, 11) is 0. The summed E-state index contributed by atoms with van der Waals surface area (Å²) in [6.45, 7) is 2.36. The lowest BCUT2D eigenvalue weighted by molar-refractivity contribution is -0.138. The molecule has 0 aromatic heterocycles. The van der Waals surface area contributed by atoms with Crippen LogP contribution in [0.4, 0.5) is 4.79 Å². The van der Waals surface area contributed by atoms with Crippen molar-refractivity contribution in [3.05, 3.63) is 59.7 Å². The molecule has 3 N–H and O–H groups in total. The fourth-order valence-electron chi connectivity index (χ4n) is 4.78. The largest absolute Gasteiger partial charge is 0.481 e. The molecule has 7 heteroatoms. The van der Waals surface area contributed by atoms with Crippen LogP contribution in [0.2, 0.25) is 0 Å². The Morgan fingerprint density at radius 3 is 2.18 bits per heavy atom. The Balaban J connectivity index is 1.36. The van der Waals surface area contributed by atoms with E-state index < -0.39 is 17.6 Å². The van der Waals surface area contributed by atoms with Gasteiger partial charge in [0.2, 0.25) is 5.91 Å². The number of alkyl carbamates (subject to hydrolysis) is 1. The number of ether oxygens (including phenoxy) is 1. The van der Waals surface area contributed by atoms with Gasteiger partial charge in [-0.1, -0.05) is 61.9 Å². The molecule has 33 heavy (non-hydrogen) atoms. The van der Waals surface area contributed by atoms with Crippen LogP contribution in [-0.2, 0) is 14.3 Å². The number of amides is 2. The van der Waals surface area contributed by atoms with E-state index in [-0.39, 0.29) is 37.3 Å². The molecule has 7 nitrogen and oxygen atoms in total. The number of carboxylic acids is 1. The topological polar surface area (TPSA) is 105 Å². The van der Waals surface area contributed by atoms with Crippen LogP contribution in [0.15, 0.2) is 48.5 Å². The molecule has 0 spiro atoms. The van der Waals surface area contributed by atoms with Gasteiger partial charge in [0.25, 0.3) is 0 Å². The Bertz CT molecular complexity index is 1000. The Hall–Kier alpha value is -3.35. The fourth-order valence-corrected chi connectivity index (χ4v) is 4.78. The van der Waals surface area contributed by atoms with E-state index in [9.17, 15) is 14.4 Å². The molecule has 1 unspecified atom stereocenters. The summed E-state index contributed by atoms with van der Waals surface area (Å²) in [5.41, 5.74) is 3.59. The van der Waals surface area contributed by atoms with Crippen LogP contribution < -0.4 is 10.6 Å². The number of carboxylic acid groups (broad SMARTS) is 1. The molecule has 2 amide bonds. The highest BCUT2D eigenvalue weighted by Gasteiger charge is 2.46. The number of benzene rings is 2. The molecule has 1 atom stereocenters. The second-order valence-corrected chi connectivity index (χ2v) is 8.97. The van der Waals surface area contributed by atoms with Gasteiger partial charge in [0.15, 0.2) is 0 Å². The van der Waals surface area contributed by atoms with Gasteiger partial charge in [-0.3, -0.25) is 9.59 Å². The first kappa shape index (κ1) is 22.8. The summed E-state index contributed by atoms with van der Waals surface area (Å²) >= 11 is 0. The summed E-state index contributed by atoms with van der Waals surface area (Å²) in [6.07, 6.45) is 1.97. The number of carbonyl (C=O) groups excluding carboxylic acids is 2. The highest BCUT2D eigenvalue weighted by atomic mass is 16.5. The SMILES string of the molecule is CCC(CNC(=O)C1(NC(=O)OCC2c3ccccc3-c3ccccc32)CCC1)CC(=O)O. The molecule has 1 fully saturated rings. The fraction of sp³-hybridized carbons (Fsp3) is 0.423. The van der Waals surface area contributed by atoms with Crippen LogP contribution in [0.1, 0.15) is 56.1 Å². The summed E-state index contributed by atoms with van der Waals surface area (Å²) in [6, 6.07) is 16.3. The molecule has 2 aliphatic carbocycles. The number of aliphatic carboxylic acids is 1. The number of nitrogens with one attached hydrogen (secondary N) is 2. The minimum Gasteiger partial charge on any atom is -0.481 e. The standard InChI is InChI=1S/C26H30N2O5/c1-2-17(14-23(29)30)15-27-24(31)26(12-7-13-26)28-25(32)33-16-22-20-10-5-3-8-18(20)19-9-4-6-11-21(19)22/h3-6,8-11,17,22H,2,7,12-16H2,1H3,(H,27,31)(H,28,32)(H,29,30). The molecular formula is C26H30N2O5. The molecule has 174 valence electrons. The number of rotatable bonds is 9. The number of carbonyl (C=O) groups is 3. The van der Waals surface area contributed by atoms with Gasteiger partial charge in [0.1, 0.15) is 12.1 Å². The van der Waals surface area contributed by atoms with E-state index >= 15 is 0 Å². The zero-order valence-electron chi connectivity index (χ0n) is 18.8. The molecule has 1 saturated carbocycles. The molecular weight excluding hydrogens is 420 g/mol. The Labute approximate surface area is 193 Å². The normalized spacial score (nSPS) is 16.6. The Morgan fingerprint density at radius 2 is 1.67 bits per heavy atom. The molecule has 4 rings (SSSR count). The molecule has 0 bridgehead atoms. The quantitative estimate of drug-likeness (QED) is 0.534. The van der Waals surface area contributed by atoms with Crippen LogP contribution >= 0.6 is 0 Å². The van der Waals surface area contributed by atoms with Gasteiger partial charge in [0, 0.05) is 18.9 Å². The minimum absolute atomic E-state index is 0.00356. The molecule has 2 aliphatic rings. The minimum atomic E-state index is -0.982. The third kappa shape index (κ3) is 4.72. The van der Waals surface area contributed by atoms with Gasteiger partial charge >= 0.3 is 12.1 Å². The van der Waals surface area contributed by atoms with Gasteiger partial charge in [-0.15, -0.1) is 0 Å². The van der Waals surface area contributed by atoms with Crippen LogP contribution in [0.3, 0.4) is 0 Å². The Kier molecular flexibility index (Phi) is 6.67. The smallest absolute Gasteiger partial charge is 0.408 e. The van der Waals surface area contributed by atoms with Crippen molar-refractivity contribution in [1.82, 2.24) is 10.6 Å². The summed E-state index contributed by atoms with van der Waals surface area (Å²) in [5, 5.41) is 14.6. The van der Waals surface area contributed by atoms with Gasteiger partial charge in [-0.05, 0) is 47.4 Å². The second-order valence-electron chi connectivity index (χ2n) is 8.97. The van der Waals surface area contributed by atoms with Crippen molar-refractivity contribution in [1.29, 1.82) is 0 Å². The number of hydrogen-bond acceptors (Lipinski definition) is 4. The van der Waals surface area contributed by atoms with Crippen molar-refractivity contribution in [3.63, 3.8) is 0 Å². The third-order valence-electron chi connectivity index (χ3n) is 6.92. The lowest BCUT2D eigenvalue weighted by atomic mass is 9.76. The molecule has 0 radical (unpaired) electrons. The van der Waals surface area contributed by atoms with E-state index in [1.165, 1.54) is 0 Å². The predicted octanol–water partition coefficient (Wildman–Crippen LogP) is 4.06. The summed E-state index contributed by atoms with van der Waals surface area (Å²) < 4.78 is 5.61. The summed E-state index contributed by atoms with van der Waals surface area (Å²) in [4.78, 5) is 36.5. The molecule has 0 saturated heterocycles. The average molecular weight is 451 g/mol. The van der Waals surface area contributed by atoms with Gasteiger partial charge in [-0.25, -0.2) is 4.79 Å². The number of fused-ring (bicyclic) bond motifs is 3. The number of hydrogen-bond donors (Lipinski definition) is 3. The highest BCUT2D eigenvalue weighted by molar-refractivity contribution is 5.91. The van der Waals surface area contributed by atoms with Crippen molar-refractivity contribution in [2.24, 2.45) is 5.92 Å². The lowest BCUT2D eigenvalue weighted by Gasteiger charge is -2.40. The third-order valence-corrected chi connectivity index (χ3v) is 6.92. The van der Waals surface area contributed by atoms with Crippen LogP contribution in [0.25, 0.3) is 11.1 Å². The lowest BCUT2D eigenvalue weighted by Crippen LogP contribution is -2.63. The van der Waals surface area contributed by atoms with Crippen molar-refractivity contribution in [3.8, 4) is 11.1 Å². The Morgan fingerprint density at radius 1 is 1.06 bits per heavy atom. The van der Waals surface area contributed by atoms with E-state index in [0.717, 1.165) is 28.7 Å². The van der Waals surface area contributed by atoms with E-state index in [4.69, 9.17) is 9.84 Å².